The highest BCUT2D eigenvalue weighted by atomic mass is 16.5. The summed E-state index contributed by atoms with van der Waals surface area (Å²) in [6, 6.07) is 6.37. The highest BCUT2D eigenvalue weighted by Crippen LogP contribution is 2.34. The molecule has 214 valence electrons. The van der Waals surface area contributed by atoms with Gasteiger partial charge < -0.3 is 30.7 Å². The van der Waals surface area contributed by atoms with Crippen LogP contribution in [-0.2, 0) is 19.1 Å². The summed E-state index contributed by atoms with van der Waals surface area (Å²) < 4.78 is 11.7. The Morgan fingerprint density at radius 2 is 1.90 bits per heavy atom. The number of piperazine rings is 1. The van der Waals surface area contributed by atoms with Gasteiger partial charge in [-0.3, -0.25) is 19.3 Å². The fourth-order valence-electron chi connectivity index (χ4n) is 6.87. The molecule has 4 aliphatic rings. The van der Waals surface area contributed by atoms with Crippen molar-refractivity contribution < 1.29 is 23.9 Å². The minimum absolute atomic E-state index is 0.0469. The van der Waals surface area contributed by atoms with Crippen LogP contribution in [0.3, 0.4) is 0 Å². The molecular formula is C29H43N5O5. The molecule has 0 spiro atoms. The van der Waals surface area contributed by atoms with Crippen LogP contribution in [0, 0.1) is 5.92 Å². The van der Waals surface area contributed by atoms with Gasteiger partial charge in [0, 0.05) is 44.3 Å². The monoisotopic (exact) mass is 541 g/mol. The SMILES string of the molecule is CCO[C@@H]1C[C@@H]2CN(C(=O)[C@@H](NC(=O)CN)C3CCCCC3)[C@H](C(=O)NC3CCOc4ccccc43)CN2C1. The maximum Gasteiger partial charge on any atom is 0.246 e. The molecule has 0 radical (unpaired) electrons. The van der Waals surface area contributed by atoms with Gasteiger partial charge in [0.05, 0.1) is 25.3 Å². The summed E-state index contributed by atoms with van der Waals surface area (Å²) in [4.78, 5) is 44.7. The van der Waals surface area contributed by atoms with E-state index >= 15 is 0 Å². The number of hydrogen-bond acceptors (Lipinski definition) is 7. The Hall–Kier alpha value is -2.69. The van der Waals surface area contributed by atoms with Crippen LogP contribution in [0.2, 0.25) is 0 Å². The second kappa shape index (κ2) is 12.7. The Kier molecular flexibility index (Phi) is 9.04. The Morgan fingerprint density at radius 1 is 1.10 bits per heavy atom. The predicted molar refractivity (Wildman–Crippen MR) is 146 cm³/mol. The normalized spacial score (nSPS) is 28.1. The summed E-state index contributed by atoms with van der Waals surface area (Å²) >= 11 is 0. The zero-order chi connectivity index (χ0) is 27.4. The molecule has 1 saturated carbocycles. The Bertz CT molecular complexity index is 1030. The number of ether oxygens (including phenoxy) is 2. The molecule has 5 rings (SSSR count). The molecule has 1 aliphatic carbocycles. The van der Waals surface area contributed by atoms with Gasteiger partial charge in [-0.1, -0.05) is 37.5 Å². The molecule has 10 heteroatoms. The van der Waals surface area contributed by atoms with Crippen molar-refractivity contribution in [2.75, 3.05) is 39.4 Å². The van der Waals surface area contributed by atoms with Crippen LogP contribution in [0.1, 0.15) is 63.5 Å². The number of carbonyl (C=O) groups is 3. The van der Waals surface area contributed by atoms with Crippen LogP contribution in [-0.4, -0.2) is 91.1 Å². The van der Waals surface area contributed by atoms with Crippen molar-refractivity contribution in [2.45, 2.75) is 82.1 Å². The maximum absolute atomic E-state index is 14.3. The van der Waals surface area contributed by atoms with Gasteiger partial charge >= 0.3 is 0 Å². The standard InChI is InChI=1S/C29H43N5O5/c1-2-38-21-14-20-16-34(29(37)27(32-26(35)15-30)19-8-4-3-5-9-19)24(18-33(20)17-21)28(36)31-23-12-13-39-25-11-7-6-10-22(23)25/h6-7,10-11,19-21,23-24,27H,2-5,8-9,12-18,30H2,1H3,(H,31,36)(H,32,35)/t20-,21-,23?,24+,27+/m1/s1. The van der Waals surface area contributed by atoms with Gasteiger partial charge in [-0.15, -0.1) is 0 Å². The van der Waals surface area contributed by atoms with Crippen molar-refractivity contribution in [3.63, 3.8) is 0 Å². The van der Waals surface area contributed by atoms with E-state index in [4.69, 9.17) is 15.2 Å². The van der Waals surface area contributed by atoms with Crippen LogP contribution < -0.4 is 21.1 Å². The fourth-order valence-corrected chi connectivity index (χ4v) is 6.87. The first-order valence-electron chi connectivity index (χ1n) is 14.7. The minimum Gasteiger partial charge on any atom is -0.493 e. The maximum atomic E-state index is 14.3. The van der Waals surface area contributed by atoms with E-state index in [1.54, 1.807) is 4.90 Å². The largest absolute Gasteiger partial charge is 0.493 e. The van der Waals surface area contributed by atoms with Crippen molar-refractivity contribution in [3.05, 3.63) is 29.8 Å². The average molecular weight is 542 g/mol. The molecule has 0 bridgehead atoms. The number of carbonyl (C=O) groups excluding carboxylic acids is 3. The van der Waals surface area contributed by atoms with Crippen molar-refractivity contribution in [1.29, 1.82) is 0 Å². The summed E-state index contributed by atoms with van der Waals surface area (Å²) in [5.41, 5.74) is 6.58. The van der Waals surface area contributed by atoms with E-state index in [-0.39, 0.29) is 48.4 Å². The van der Waals surface area contributed by atoms with Crippen molar-refractivity contribution in [2.24, 2.45) is 11.7 Å². The lowest BCUT2D eigenvalue weighted by Crippen LogP contribution is -2.66. The lowest BCUT2D eigenvalue weighted by Gasteiger charge is -2.45. The lowest BCUT2D eigenvalue weighted by molar-refractivity contribution is -0.149. The van der Waals surface area contributed by atoms with Crippen LogP contribution >= 0.6 is 0 Å². The van der Waals surface area contributed by atoms with Crippen LogP contribution in [0.4, 0.5) is 0 Å². The third kappa shape index (κ3) is 6.23. The summed E-state index contributed by atoms with van der Waals surface area (Å²) in [5, 5.41) is 6.17. The zero-order valence-electron chi connectivity index (χ0n) is 23.0. The first kappa shape index (κ1) is 27.9. The van der Waals surface area contributed by atoms with E-state index in [1.807, 2.05) is 31.2 Å². The molecular weight excluding hydrogens is 498 g/mol. The summed E-state index contributed by atoms with van der Waals surface area (Å²) in [6.45, 7) is 4.61. The molecule has 1 unspecified atom stereocenters. The van der Waals surface area contributed by atoms with E-state index in [9.17, 15) is 14.4 Å². The van der Waals surface area contributed by atoms with Crippen LogP contribution in [0.5, 0.6) is 5.75 Å². The lowest BCUT2D eigenvalue weighted by atomic mass is 9.83. The molecule has 39 heavy (non-hydrogen) atoms. The van der Waals surface area contributed by atoms with E-state index < -0.39 is 12.1 Å². The molecule has 2 saturated heterocycles. The highest BCUT2D eigenvalue weighted by Gasteiger charge is 2.47. The van der Waals surface area contributed by atoms with E-state index in [0.717, 1.165) is 56.4 Å². The van der Waals surface area contributed by atoms with Gasteiger partial charge in [-0.2, -0.15) is 0 Å². The van der Waals surface area contributed by atoms with E-state index in [2.05, 4.69) is 15.5 Å². The second-order valence-corrected chi connectivity index (χ2v) is 11.3. The number of para-hydroxylation sites is 1. The molecule has 5 atom stereocenters. The van der Waals surface area contributed by atoms with Gasteiger partial charge in [-0.05, 0) is 38.2 Å². The van der Waals surface area contributed by atoms with Gasteiger partial charge in [0.2, 0.25) is 17.7 Å². The molecule has 0 aromatic heterocycles. The molecule has 3 aliphatic heterocycles. The third-order valence-corrected chi connectivity index (χ3v) is 8.83. The summed E-state index contributed by atoms with van der Waals surface area (Å²) in [5.74, 6) is 0.151. The molecule has 3 fully saturated rings. The topological polar surface area (TPSA) is 126 Å². The Labute approximate surface area is 230 Å². The quantitative estimate of drug-likeness (QED) is 0.453. The number of amides is 3. The van der Waals surface area contributed by atoms with Gasteiger partial charge in [-0.25, -0.2) is 0 Å². The number of hydrogen-bond donors (Lipinski definition) is 3. The number of nitrogens with zero attached hydrogens (tertiary/aromatic N) is 2. The van der Waals surface area contributed by atoms with Crippen molar-refractivity contribution in [1.82, 2.24) is 20.4 Å². The van der Waals surface area contributed by atoms with Gasteiger partial charge in [0.15, 0.2) is 0 Å². The van der Waals surface area contributed by atoms with Crippen molar-refractivity contribution >= 4 is 17.7 Å². The minimum atomic E-state index is -0.670. The Morgan fingerprint density at radius 3 is 2.67 bits per heavy atom. The van der Waals surface area contributed by atoms with Crippen LogP contribution in [0.15, 0.2) is 24.3 Å². The predicted octanol–water partition coefficient (Wildman–Crippen LogP) is 1.34. The van der Waals surface area contributed by atoms with Crippen LogP contribution in [0.25, 0.3) is 0 Å². The van der Waals surface area contributed by atoms with E-state index in [0.29, 0.717) is 32.7 Å². The second-order valence-electron chi connectivity index (χ2n) is 11.3. The molecule has 3 heterocycles. The Balaban J connectivity index is 1.39. The number of rotatable bonds is 8. The summed E-state index contributed by atoms with van der Waals surface area (Å²) in [6.07, 6.45) is 6.55. The van der Waals surface area contributed by atoms with E-state index in [1.165, 1.54) is 0 Å². The fraction of sp³-hybridized carbons (Fsp3) is 0.690. The number of nitrogens with one attached hydrogen (secondary N) is 2. The van der Waals surface area contributed by atoms with Gasteiger partial charge in [0.25, 0.3) is 0 Å². The number of benzene rings is 1. The third-order valence-electron chi connectivity index (χ3n) is 8.83. The first-order chi connectivity index (χ1) is 19.0. The van der Waals surface area contributed by atoms with Gasteiger partial charge in [0.1, 0.15) is 17.8 Å². The molecule has 1 aromatic carbocycles. The molecule has 3 amide bonds. The number of fused-ring (bicyclic) bond motifs is 2. The smallest absolute Gasteiger partial charge is 0.246 e. The number of nitrogens with two attached hydrogens (primary N) is 1. The highest BCUT2D eigenvalue weighted by molar-refractivity contribution is 5.93. The molecule has 10 nitrogen and oxygen atoms in total. The zero-order valence-corrected chi connectivity index (χ0v) is 23.0. The average Bonchev–Trinajstić information content (AvgIpc) is 3.37. The molecule has 1 aromatic rings. The summed E-state index contributed by atoms with van der Waals surface area (Å²) in [7, 11) is 0. The molecule has 4 N–H and O–H groups in total. The first-order valence-corrected chi connectivity index (χ1v) is 14.7. The van der Waals surface area contributed by atoms with Crippen molar-refractivity contribution in [3.8, 4) is 5.75 Å².